The lowest BCUT2D eigenvalue weighted by molar-refractivity contribution is -0.152. The Morgan fingerprint density at radius 1 is 1.03 bits per heavy atom. The van der Waals surface area contributed by atoms with Crippen LogP contribution in [0.3, 0.4) is 0 Å². The summed E-state index contributed by atoms with van der Waals surface area (Å²) in [7, 11) is 2.97. The molecule has 0 saturated heterocycles. The number of rotatable bonds is 8. The van der Waals surface area contributed by atoms with Gasteiger partial charge in [-0.3, -0.25) is 14.4 Å². The summed E-state index contributed by atoms with van der Waals surface area (Å²) in [6.07, 6.45) is -1.09. The van der Waals surface area contributed by atoms with Crippen LogP contribution in [0.1, 0.15) is 17.3 Å². The molecular formula is C20H21ClN2O6. The molecule has 0 aromatic heterocycles. The van der Waals surface area contributed by atoms with Gasteiger partial charge in [-0.1, -0.05) is 11.6 Å². The van der Waals surface area contributed by atoms with Crippen molar-refractivity contribution in [2.45, 2.75) is 13.0 Å². The van der Waals surface area contributed by atoms with Crippen molar-refractivity contribution in [2.24, 2.45) is 0 Å². The quantitative estimate of drug-likeness (QED) is 0.636. The second-order valence-corrected chi connectivity index (χ2v) is 6.31. The van der Waals surface area contributed by atoms with Crippen LogP contribution in [-0.2, 0) is 14.3 Å². The van der Waals surface area contributed by atoms with Crippen molar-refractivity contribution in [3.63, 3.8) is 0 Å². The average Bonchev–Trinajstić information content (AvgIpc) is 2.72. The van der Waals surface area contributed by atoms with Crippen LogP contribution in [0, 0.1) is 0 Å². The maximum atomic E-state index is 12.3. The van der Waals surface area contributed by atoms with Gasteiger partial charge in [0.25, 0.3) is 11.8 Å². The highest BCUT2D eigenvalue weighted by Gasteiger charge is 2.20. The Hall–Kier alpha value is -3.26. The molecule has 0 radical (unpaired) electrons. The normalized spacial score (nSPS) is 11.2. The fraction of sp³-hybridized carbons (Fsp3) is 0.250. The van der Waals surface area contributed by atoms with Gasteiger partial charge < -0.3 is 24.8 Å². The molecule has 2 rings (SSSR count). The van der Waals surface area contributed by atoms with Gasteiger partial charge in [-0.2, -0.15) is 0 Å². The first-order chi connectivity index (χ1) is 13.8. The van der Waals surface area contributed by atoms with Crippen LogP contribution in [0.4, 0.5) is 5.69 Å². The Labute approximate surface area is 173 Å². The first kappa shape index (κ1) is 22.0. The maximum Gasteiger partial charge on any atom is 0.326 e. The van der Waals surface area contributed by atoms with Gasteiger partial charge in [0.15, 0.2) is 6.10 Å². The molecule has 2 amide bonds. The van der Waals surface area contributed by atoms with Gasteiger partial charge in [-0.25, -0.2) is 0 Å². The highest BCUT2D eigenvalue weighted by atomic mass is 35.5. The molecule has 8 nitrogen and oxygen atoms in total. The lowest BCUT2D eigenvalue weighted by atomic mass is 10.2. The first-order valence-corrected chi connectivity index (χ1v) is 8.98. The molecule has 154 valence electrons. The van der Waals surface area contributed by atoms with E-state index < -0.39 is 23.9 Å². The highest BCUT2D eigenvalue weighted by molar-refractivity contribution is 6.31. The fourth-order valence-corrected chi connectivity index (χ4v) is 2.47. The Morgan fingerprint density at radius 3 is 2.34 bits per heavy atom. The van der Waals surface area contributed by atoms with Crippen LogP contribution in [0.2, 0.25) is 5.02 Å². The predicted octanol–water partition coefficient (Wildman–Crippen LogP) is 2.66. The molecule has 9 heteroatoms. The van der Waals surface area contributed by atoms with E-state index in [4.69, 9.17) is 25.8 Å². The van der Waals surface area contributed by atoms with Crippen LogP contribution in [0.25, 0.3) is 0 Å². The zero-order valence-corrected chi connectivity index (χ0v) is 16.9. The molecule has 0 aliphatic carbocycles. The summed E-state index contributed by atoms with van der Waals surface area (Å²) < 4.78 is 15.2. The monoisotopic (exact) mass is 420 g/mol. The second-order valence-electron chi connectivity index (χ2n) is 5.88. The van der Waals surface area contributed by atoms with E-state index in [1.165, 1.54) is 27.2 Å². The van der Waals surface area contributed by atoms with E-state index in [1.54, 1.807) is 36.4 Å². The Morgan fingerprint density at radius 2 is 1.72 bits per heavy atom. The summed E-state index contributed by atoms with van der Waals surface area (Å²) in [6.45, 7) is 1.03. The molecular weight excluding hydrogens is 400 g/mol. The van der Waals surface area contributed by atoms with E-state index in [0.717, 1.165) is 0 Å². The molecule has 1 atom stereocenters. The topological polar surface area (TPSA) is 103 Å². The molecule has 0 fully saturated rings. The number of hydrogen-bond acceptors (Lipinski definition) is 6. The number of nitrogens with one attached hydrogen (secondary N) is 2. The average molecular weight is 421 g/mol. The summed E-state index contributed by atoms with van der Waals surface area (Å²) in [5.74, 6) is -0.761. The standard InChI is InChI=1S/C20H21ClN2O6/c1-12(19(25)23-16-10-14(21)6-9-17(16)28-3)29-18(24)11-22-20(26)13-4-7-15(27-2)8-5-13/h4-10,12H,11H2,1-3H3,(H,22,26)(H,23,25)/t12-/m0/s1. The van der Waals surface area contributed by atoms with Crippen LogP contribution >= 0.6 is 11.6 Å². The number of halogens is 1. The third-order valence-electron chi connectivity index (χ3n) is 3.84. The van der Waals surface area contributed by atoms with Crippen molar-refractivity contribution in [1.29, 1.82) is 0 Å². The van der Waals surface area contributed by atoms with E-state index in [1.807, 2.05) is 0 Å². The van der Waals surface area contributed by atoms with Crippen LogP contribution in [-0.4, -0.2) is 44.7 Å². The van der Waals surface area contributed by atoms with Crippen molar-refractivity contribution in [3.05, 3.63) is 53.1 Å². The Bertz CT molecular complexity index is 885. The molecule has 0 spiro atoms. The van der Waals surface area contributed by atoms with Crippen LogP contribution in [0.15, 0.2) is 42.5 Å². The van der Waals surface area contributed by atoms with Gasteiger partial charge >= 0.3 is 5.97 Å². The maximum absolute atomic E-state index is 12.3. The minimum atomic E-state index is -1.09. The van der Waals surface area contributed by atoms with Crippen molar-refractivity contribution in [2.75, 3.05) is 26.1 Å². The SMILES string of the molecule is COc1ccc(C(=O)NCC(=O)O[C@@H](C)C(=O)Nc2cc(Cl)ccc2OC)cc1. The molecule has 2 aromatic rings. The van der Waals surface area contributed by atoms with Gasteiger partial charge in [0.1, 0.15) is 18.0 Å². The number of amides is 2. The van der Waals surface area contributed by atoms with Crippen LogP contribution < -0.4 is 20.1 Å². The van der Waals surface area contributed by atoms with E-state index in [2.05, 4.69) is 10.6 Å². The largest absolute Gasteiger partial charge is 0.497 e. The third-order valence-corrected chi connectivity index (χ3v) is 4.08. The molecule has 0 aliphatic heterocycles. The number of carbonyl (C=O) groups is 3. The number of esters is 1. The minimum absolute atomic E-state index is 0.348. The Balaban J connectivity index is 1.85. The van der Waals surface area contributed by atoms with Gasteiger partial charge in [-0.05, 0) is 49.4 Å². The molecule has 2 aromatic carbocycles. The molecule has 0 aliphatic rings. The number of hydrogen-bond donors (Lipinski definition) is 2. The van der Waals surface area contributed by atoms with Crippen molar-refractivity contribution >= 4 is 35.1 Å². The number of carbonyl (C=O) groups excluding carboxylic acids is 3. The molecule has 29 heavy (non-hydrogen) atoms. The van der Waals surface area contributed by atoms with Gasteiger partial charge in [-0.15, -0.1) is 0 Å². The van der Waals surface area contributed by atoms with Crippen molar-refractivity contribution in [3.8, 4) is 11.5 Å². The van der Waals surface area contributed by atoms with Crippen LogP contribution in [0.5, 0.6) is 11.5 Å². The minimum Gasteiger partial charge on any atom is -0.497 e. The van der Waals surface area contributed by atoms with Crippen molar-refractivity contribution in [1.82, 2.24) is 5.32 Å². The molecule has 0 heterocycles. The van der Waals surface area contributed by atoms with Crippen molar-refractivity contribution < 1.29 is 28.6 Å². The van der Waals surface area contributed by atoms with Gasteiger partial charge in [0.05, 0.1) is 19.9 Å². The number of benzene rings is 2. The summed E-state index contributed by atoms with van der Waals surface area (Å²) >= 11 is 5.92. The molecule has 0 unspecified atom stereocenters. The van der Waals surface area contributed by atoms with Gasteiger partial charge in [0.2, 0.25) is 0 Å². The highest BCUT2D eigenvalue weighted by Crippen LogP contribution is 2.27. The van der Waals surface area contributed by atoms with Gasteiger partial charge in [0, 0.05) is 10.6 Å². The zero-order chi connectivity index (χ0) is 21.4. The lowest BCUT2D eigenvalue weighted by Crippen LogP contribution is -2.35. The number of ether oxygens (including phenoxy) is 3. The summed E-state index contributed by atoms with van der Waals surface area (Å²) in [5.41, 5.74) is 0.707. The number of anilines is 1. The molecule has 2 N–H and O–H groups in total. The summed E-state index contributed by atoms with van der Waals surface area (Å²) in [4.78, 5) is 36.2. The summed E-state index contributed by atoms with van der Waals surface area (Å²) in [6, 6.07) is 11.1. The Kier molecular flexibility index (Phi) is 7.85. The zero-order valence-electron chi connectivity index (χ0n) is 16.2. The smallest absolute Gasteiger partial charge is 0.326 e. The van der Waals surface area contributed by atoms with E-state index in [0.29, 0.717) is 27.8 Å². The summed E-state index contributed by atoms with van der Waals surface area (Å²) in [5, 5.41) is 5.43. The van der Waals surface area contributed by atoms with E-state index in [-0.39, 0.29) is 6.54 Å². The predicted molar refractivity (Wildman–Crippen MR) is 108 cm³/mol. The third kappa shape index (κ3) is 6.39. The van der Waals surface area contributed by atoms with E-state index >= 15 is 0 Å². The number of methoxy groups -OCH3 is 2. The molecule has 0 bridgehead atoms. The second kappa shape index (κ2) is 10.3. The van der Waals surface area contributed by atoms with E-state index in [9.17, 15) is 14.4 Å². The fourth-order valence-electron chi connectivity index (χ4n) is 2.30. The lowest BCUT2D eigenvalue weighted by Gasteiger charge is -2.15. The first-order valence-electron chi connectivity index (χ1n) is 8.60. The molecule has 0 saturated carbocycles.